The first-order valence-corrected chi connectivity index (χ1v) is 4.65. The third-order valence-corrected chi connectivity index (χ3v) is 2.73. The van der Waals surface area contributed by atoms with Crippen LogP contribution in [-0.2, 0) is 0 Å². The van der Waals surface area contributed by atoms with Crippen molar-refractivity contribution in [3.63, 3.8) is 0 Å². The minimum Gasteiger partial charge on any atom is -0.149 e. The van der Waals surface area contributed by atoms with Gasteiger partial charge in [0.05, 0.1) is 0 Å². The molecule has 1 aromatic rings. The van der Waals surface area contributed by atoms with E-state index in [1.165, 1.54) is 16.0 Å². The summed E-state index contributed by atoms with van der Waals surface area (Å²) in [6.45, 7) is 2.15. The Morgan fingerprint density at radius 1 is 1.45 bits per heavy atom. The summed E-state index contributed by atoms with van der Waals surface area (Å²) in [6.07, 6.45) is 7.63. The van der Waals surface area contributed by atoms with Gasteiger partial charge in [0.1, 0.15) is 0 Å². The Hall–Kier alpha value is -0.820. The smallest absolute Gasteiger partial charge is 0.00204 e. The Bertz CT molecular complexity index is 315. The van der Waals surface area contributed by atoms with Crippen LogP contribution in [0.1, 0.15) is 16.9 Å². The predicted octanol–water partition coefficient (Wildman–Crippen LogP) is 3.40. The van der Waals surface area contributed by atoms with E-state index in [1.807, 2.05) is 11.3 Å². The minimum atomic E-state index is 1.11. The highest BCUT2D eigenvalue weighted by atomic mass is 32.1. The zero-order valence-electron chi connectivity index (χ0n) is 6.50. The highest BCUT2D eigenvalue weighted by Crippen LogP contribution is 2.26. The van der Waals surface area contributed by atoms with Crippen molar-refractivity contribution in [1.29, 1.82) is 0 Å². The van der Waals surface area contributed by atoms with Gasteiger partial charge in [0.25, 0.3) is 0 Å². The Labute approximate surface area is 70.9 Å². The van der Waals surface area contributed by atoms with Gasteiger partial charge in [0, 0.05) is 4.88 Å². The average Bonchev–Trinajstić information content (AvgIpc) is 2.55. The molecule has 0 aliphatic heterocycles. The zero-order valence-corrected chi connectivity index (χ0v) is 7.32. The molecule has 2 rings (SSSR count). The molecular formula is C10H10S. The Balaban J connectivity index is 2.30. The molecule has 0 saturated carbocycles. The second-order valence-corrected chi connectivity index (χ2v) is 3.89. The van der Waals surface area contributed by atoms with Crippen LogP contribution in [0.5, 0.6) is 0 Å². The van der Waals surface area contributed by atoms with Crippen molar-refractivity contribution >= 4 is 16.9 Å². The summed E-state index contributed by atoms with van der Waals surface area (Å²) in [6, 6.07) is 2.25. The van der Waals surface area contributed by atoms with Crippen LogP contribution >= 0.6 is 11.3 Å². The van der Waals surface area contributed by atoms with E-state index >= 15 is 0 Å². The molecule has 0 spiro atoms. The summed E-state index contributed by atoms with van der Waals surface area (Å²) < 4.78 is 0. The lowest BCUT2D eigenvalue weighted by Crippen LogP contribution is -1.73. The maximum Gasteiger partial charge on any atom is 0.00204 e. The molecular weight excluding hydrogens is 152 g/mol. The van der Waals surface area contributed by atoms with Crippen LogP contribution in [0.15, 0.2) is 29.7 Å². The first-order valence-electron chi connectivity index (χ1n) is 3.77. The molecule has 0 atom stereocenters. The monoisotopic (exact) mass is 162 g/mol. The highest BCUT2D eigenvalue weighted by Gasteiger charge is 2.03. The molecule has 0 unspecified atom stereocenters. The van der Waals surface area contributed by atoms with Gasteiger partial charge in [-0.2, -0.15) is 0 Å². The second kappa shape index (κ2) is 2.67. The summed E-state index contributed by atoms with van der Waals surface area (Å²) in [4.78, 5) is 1.40. The number of thiophene rings is 1. The molecule has 1 aromatic heterocycles. The van der Waals surface area contributed by atoms with Crippen molar-refractivity contribution in [2.75, 3.05) is 0 Å². The van der Waals surface area contributed by atoms with Gasteiger partial charge in [0.2, 0.25) is 0 Å². The third kappa shape index (κ3) is 1.29. The SMILES string of the molecule is Cc1cc(C2=CC=CC2)cs1. The highest BCUT2D eigenvalue weighted by molar-refractivity contribution is 7.10. The second-order valence-electron chi connectivity index (χ2n) is 2.77. The Morgan fingerprint density at radius 2 is 2.36 bits per heavy atom. The van der Waals surface area contributed by atoms with Crippen molar-refractivity contribution in [2.24, 2.45) is 0 Å². The zero-order chi connectivity index (χ0) is 7.68. The normalized spacial score (nSPS) is 15.5. The van der Waals surface area contributed by atoms with Crippen LogP contribution in [0.3, 0.4) is 0 Å². The van der Waals surface area contributed by atoms with E-state index in [2.05, 4.69) is 36.6 Å². The number of allylic oxidation sites excluding steroid dienone is 4. The lowest BCUT2D eigenvalue weighted by Gasteiger charge is -1.94. The molecule has 0 fully saturated rings. The minimum absolute atomic E-state index is 1.11. The van der Waals surface area contributed by atoms with Crippen LogP contribution in [0, 0.1) is 6.92 Å². The molecule has 0 N–H and O–H groups in total. The Morgan fingerprint density at radius 3 is 2.91 bits per heavy atom. The largest absolute Gasteiger partial charge is 0.149 e. The molecule has 0 radical (unpaired) electrons. The van der Waals surface area contributed by atoms with Gasteiger partial charge < -0.3 is 0 Å². The molecule has 0 amide bonds. The van der Waals surface area contributed by atoms with E-state index in [-0.39, 0.29) is 0 Å². The van der Waals surface area contributed by atoms with E-state index in [0.717, 1.165) is 6.42 Å². The van der Waals surface area contributed by atoms with Gasteiger partial charge >= 0.3 is 0 Å². The van der Waals surface area contributed by atoms with Crippen molar-refractivity contribution in [3.05, 3.63) is 40.1 Å². The van der Waals surface area contributed by atoms with E-state index in [0.29, 0.717) is 0 Å². The summed E-state index contributed by atoms with van der Waals surface area (Å²) >= 11 is 1.82. The number of aryl methyl sites for hydroxylation is 1. The van der Waals surface area contributed by atoms with Crippen LogP contribution in [0.25, 0.3) is 5.57 Å². The van der Waals surface area contributed by atoms with Gasteiger partial charge in [-0.3, -0.25) is 0 Å². The molecule has 1 heterocycles. The maximum absolute atomic E-state index is 2.25. The van der Waals surface area contributed by atoms with E-state index in [4.69, 9.17) is 0 Å². The van der Waals surface area contributed by atoms with Crippen molar-refractivity contribution in [1.82, 2.24) is 0 Å². The molecule has 11 heavy (non-hydrogen) atoms. The standard InChI is InChI=1S/C10H10S/c1-8-6-10(7-11-8)9-4-2-3-5-9/h2-4,6-7H,5H2,1H3. The maximum atomic E-state index is 2.25. The van der Waals surface area contributed by atoms with Gasteiger partial charge in [-0.05, 0) is 35.9 Å². The Kier molecular flexibility index (Phi) is 1.66. The molecule has 56 valence electrons. The van der Waals surface area contributed by atoms with E-state index in [9.17, 15) is 0 Å². The first kappa shape index (κ1) is 6.86. The number of hydrogen-bond acceptors (Lipinski definition) is 1. The molecule has 1 aliphatic rings. The average molecular weight is 162 g/mol. The summed E-state index contributed by atoms with van der Waals surface area (Å²) in [7, 11) is 0. The quantitative estimate of drug-likeness (QED) is 0.593. The van der Waals surface area contributed by atoms with Gasteiger partial charge in [-0.15, -0.1) is 11.3 Å². The third-order valence-electron chi connectivity index (χ3n) is 1.87. The number of rotatable bonds is 1. The molecule has 0 bridgehead atoms. The predicted molar refractivity (Wildman–Crippen MR) is 50.8 cm³/mol. The van der Waals surface area contributed by atoms with Crippen LogP contribution in [0.4, 0.5) is 0 Å². The molecule has 0 saturated heterocycles. The fourth-order valence-corrected chi connectivity index (χ4v) is 2.00. The molecule has 1 aliphatic carbocycles. The lowest BCUT2D eigenvalue weighted by molar-refractivity contribution is 1.44. The van der Waals surface area contributed by atoms with Crippen LogP contribution < -0.4 is 0 Å². The number of hydrogen-bond donors (Lipinski definition) is 0. The van der Waals surface area contributed by atoms with E-state index in [1.54, 1.807) is 0 Å². The first-order chi connectivity index (χ1) is 5.36. The van der Waals surface area contributed by atoms with E-state index < -0.39 is 0 Å². The topological polar surface area (TPSA) is 0 Å². The van der Waals surface area contributed by atoms with Gasteiger partial charge in [-0.1, -0.05) is 18.2 Å². The van der Waals surface area contributed by atoms with Gasteiger partial charge in [-0.25, -0.2) is 0 Å². The van der Waals surface area contributed by atoms with Crippen molar-refractivity contribution in [2.45, 2.75) is 13.3 Å². The fraction of sp³-hybridized carbons (Fsp3) is 0.200. The molecule has 0 aromatic carbocycles. The molecule has 0 nitrogen and oxygen atoms in total. The summed E-state index contributed by atoms with van der Waals surface area (Å²) in [5, 5.41) is 2.23. The van der Waals surface area contributed by atoms with Crippen LogP contribution in [0.2, 0.25) is 0 Å². The molecule has 1 heteroatoms. The summed E-state index contributed by atoms with van der Waals surface area (Å²) in [5.41, 5.74) is 2.85. The van der Waals surface area contributed by atoms with Crippen LogP contribution in [-0.4, -0.2) is 0 Å². The summed E-state index contributed by atoms with van der Waals surface area (Å²) in [5.74, 6) is 0. The van der Waals surface area contributed by atoms with Crippen molar-refractivity contribution < 1.29 is 0 Å². The van der Waals surface area contributed by atoms with Gasteiger partial charge in [0.15, 0.2) is 0 Å². The van der Waals surface area contributed by atoms with Crippen molar-refractivity contribution in [3.8, 4) is 0 Å². The fourth-order valence-electron chi connectivity index (χ4n) is 1.27. The lowest BCUT2D eigenvalue weighted by atomic mass is 10.1.